The Morgan fingerprint density at radius 2 is 2.21 bits per heavy atom. The van der Waals surface area contributed by atoms with Crippen molar-refractivity contribution in [3.05, 3.63) is 29.8 Å². The van der Waals surface area contributed by atoms with Crippen molar-refractivity contribution in [2.24, 2.45) is 0 Å². The van der Waals surface area contributed by atoms with Gasteiger partial charge >= 0.3 is 0 Å². The number of nitrogens with two attached hydrogens (primary N) is 1. The first-order chi connectivity index (χ1) is 9.25. The first kappa shape index (κ1) is 12.5. The van der Waals surface area contributed by atoms with E-state index in [1.165, 1.54) is 0 Å². The van der Waals surface area contributed by atoms with Crippen molar-refractivity contribution in [1.82, 2.24) is 4.90 Å². The molecule has 2 saturated heterocycles. The quantitative estimate of drug-likeness (QED) is 0.829. The summed E-state index contributed by atoms with van der Waals surface area (Å²) in [5.74, 6) is 0.155. The van der Waals surface area contributed by atoms with Gasteiger partial charge in [-0.05, 0) is 43.4 Å². The molecule has 2 atom stereocenters. The zero-order chi connectivity index (χ0) is 13.2. The number of amides is 1. The Morgan fingerprint density at radius 3 is 2.95 bits per heavy atom. The van der Waals surface area contributed by atoms with Crippen LogP contribution >= 0.6 is 0 Å². The molecule has 4 heteroatoms. The van der Waals surface area contributed by atoms with E-state index in [1.54, 1.807) is 0 Å². The molecule has 0 bridgehead atoms. The fraction of sp³-hybridized carbons (Fsp3) is 0.533. The SMILES string of the molecule is Nc1cccc(C2CCCN2C(=O)C2CCCO2)c1. The second-order valence-electron chi connectivity index (χ2n) is 5.36. The summed E-state index contributed by atoms with van der Waals surface area (Å²) in [5.41, 5.74) is 7.74. The third kappa shape index (κ3) is 2.45. The molecule has 2 unspecified atom stereocenters. The third-order valence-corrected chi connectivity index (χ3v) is 4.04. The summed E-state index contributed by atoms with van der Waals surface area (Å²) in [6, 6.07) is 8.04. The monoisotopic (exact) mass is 260 g/mol. The van der Waals surface area contributed by atoms with E-state index in [0.29, 0.717) is 6.61 Å². The highest BCUT2D eigenvalue weighted by atomic mass is 16.5. The molecule has 1 amide bonds. The Kier molecular flexibility index (Phi) is 3.42. The maximum absolute atomic E-state index is 12.5. The molecule has 3 rings (SSSR count). The number of anilines is 1. The molecule has 0 radical (unpaired) electrons. The van der Waals surface area contributed by atoms with Crippen molar-refractivity contribution in [3.63, 3.8) is 0 Å². The van der Waals surface area contributed by atoms with Crippen molar-refractivity contribution >= 4 is 11.6 Å². The van der Waals surface area contributed by atoms with Crippen LogP contribution in [0.2, 0.25) is 0 Å². The van der Waals surface area contributed by atoms with Crippen LogP contribution in [0.25, 0.3) is 0 Å². The molecule has 1 aromatic carbocycles. The molecule has 0 spiro atoms. The summed E-state index contributed by atoms with van der Waals surface area (Å²) in [6.45, 7) is 1.55. The predicted molar refractivity (Wildman–Crippen MR) is 73.5 cm³/mol. The van der Waals surface area contributed by atoms with Crippen molar-refractivity contribution in [2.75, 3.05) is 18.9 Å². The molecule has 0 aliphatic carbocycles. The van der Waals surface area contributed by atoms with E-state index >= 15 is 0 Å². The minimum atomic E-state index is -0.221. The van der Waals surface area contributed by atoms with Gasteiger partial charge in [0, 0.05) is 18.8 Å². The van der Waals surface area contributed by atoms with Gasteiger partial charge in [-0.25, -0.2) is 0 Å². The van der Waals surface area contributed by atoms with Gasteiger partial charge in [-0.2, -0.15) is 0 Å². The summed E-state index contributed by atoms with van der Waals surface area (Å²) in [4.78, 5) is 14.5. The summed E-state index contributed by atoms with van der Waals surface area (Å²) < 4.78 is 5.52. The molecule has 0 saturated carbocycles. The summed E-state index contributed by atoms with van der Waals surface area (Å²) in [5, 5.41) is 0. The lowest BCUT2D eigenvalue weighted by molar-refractivity contribution is -0.141. The number of hydrogen-bond donors (Lipinski definition) is 1. The average molecular weight is 260 g/mol. The first-order valence-corrected chi connectivity index (χ1v) is 7.03. The molecule has 1 aromatic rings. The van der Waals surface area contributed by atoms with Gasteiger partial charge in [0.1, 0.15) is 6.10 Å². The maximum atomic E-state index is 12.5. The van der Waals surface area contributed by atoms with Crippen molar-refractivity contribution < 1.29 is 9.53 Å². The highest BCUT2D eigenvalue weighted by Gasteiger charge is 2.35. The number of likely N-dealkylation sites (tertiary alicyclic amines) is 1. The van der Waals surface area contributed by atoms with Gasteiger partial charge in [-0.15, -0.1) is 0 Å². The molecule has 2 aliphatic heterocycles. The average Bonchev–Trinajstić information content (AvgIpc) is 3.09. The van der Waals surface area contributed by atoms with Crippen LogP contribution in [0.4, 0.5) is 5.69 Å². The van der Waals surface area contributed by atoms with E-state index in [9.17, 15) is 4.79 Å². The number of carbonyl (C=O) groups excluding carboxylic acids is 1. The second kappa shape index (κ2) is 5.21. The molecule has 4 nitrogen and oxygen atoms in total. The lowest BCUT2D eigenvalue weighted by atomic mass is 10.0. The molecule has 19 heavy (non-hydrogen) atoms. The van der Waals surface area contributed by atoms with Gasteiger partial charge in [0.2, 0.25) is 0 Å². The summed E-state index contributed by atoms with van der Waals surface area (Å²) in [7, 11) is 0. The van der Waals surface area contributed by atoms with E-state index in [2.05, 4.69) is 6.07 Å². The highest BCUT2D eigenvalue weighted by Crippen LogP contribution is 2.34. The van der Waals surface area contributed by atoms with Crippen molar-refractivity contribution in [1.29, 1.82) is 0 Å². The van der Waals surface area contributed by atoms with Crippen molar-refractivity contribution in [3.8, 4) is 0 Å². The van der Waals surface area contributed by atoms with E-state index in [-0.39, 0.29) is 18.1 Å². The molecular weight excluding hydrogens is 240 g/mol. The number of nitrogen functional groups attached to an aromatic ring is 1. The van der Waals surface area contributed by atoms with E-state index in [1.807, 2.05) is 23.1 Å². The Labute approximate surface area is 113 Å². The number of nitrogens with zero attached hydrogens (tertiary/aromatic N) is 1. The predicted octanol–water partition coefficient (Wildman–Crippen LogP) is 2.11. The van der Waals surface area contributed by atoms with Crippen LogP contribution in [-0.2, 0) is 9.53 Å². The van der Waals surface area contributed by atoms with Crippen LogP contribution in [-0.4, -0.2) is 30.1 Å². The largest absolute Gasteiger partial charge is 0.399 e. The topological polar surface area (TPSA) is 55.6 Å². The van der Waals surface area contributed by atoms with E-state index in [4.69, 9.17) is 10.5 Å². The van der Waals surface area contributed by atoms with Gasteiger partial charge in [-0.3, -0.25) is 4.79 Å². The zero-order valence-corrected chi connectivity index (χ0v) is 11.0. The molecule has 2 aliphatic rings. The fourth-order valence-electron chi connectivity index (χ4n) is 3.10. The zero-order valence-electron chi connectivity index (χ0n) is 11.0. The van der Waals surface area contributed by atoms with Gasteiger partial charge in [0.15, 0.2) is 0 Å². The Balaban J connectivity index is 1.79. The van der Waals surface area contributed by atoms with Gasteiger partial charge in [-0.1, -0.05) is 12.1 Å². The molecule has 102 valence electrons. The van der Waals surface area contributed by atoms with Crippen LogP contribution in [0.5, 0.6) is 0 Å². The van der Waals surface area contributed by atoms with Crippen molar-refractivity contribution in [2.45, 2.75) is 37.8 Å². The molecular formula is C15H20N2O2. The van der Waals surface area contributed by atoms with E-state index in [0.717, 1.165) is 43.5 Å². The molecule has 0 aromatic heterocycles. The molecule has 2 N–H and O–H groups in total. The lowest BCUT2D eigenvalue weighted by Crippen LogP contribution is -2.38. The third-order valence-electron chi connectivity index (χ3n) is 4.04. The summed E-state index contributed by atoms with van der Waals surface area (Å²) >= 11 is 0. The smallest absolute Gasteiger partial charge is 0.252 e. The number of carbonyl (C=O) groups is 1. The maximum Gasteiger partial charge on any atom is 0.252 e. The highest BCUT2D eigenvalue weighted by molar-refractivity contribution is 5.82. The first-order valence-electron chi connectivity index (χ1n) is 7.03. The van der Waals surface area contributed by atoms with Crippen LogP contribution in [0.3, 0.4) is 0 Å². The normalized spacial score (nSPS) is 26.8. The number of rotatable bonds is 2. The second-order valence-corrected chi connectivity index (χ2v) is 5.36. The number of ether oxygens (including phenoxy) is 1. The lowest BCUT2D eigenvalue weighted by Gasteiger charge is -2.27. The Bertz CT molecular complexity index is 469. The van der Waals surface area contributed by atoms with Gasteiger partial charge in [0.25, 0.3) is 5.91 Å². The number of hydrogen-bond acceptors (Lipinski definition) is 3. The van der Waals surface area contributed by atoms with Crippen LogP contribution < -0.4 is 5.73 Å². The minimum absolute atomic E-state index is 0.155. The fourth-order valence-corrected chi connectivity index (χ4v) is 3.10. The van der Waals surface area contributed by atoms with Crippen LogP contribution in [0.15, 0.2) is 24.3 Å². The molecule has 2 heterocycles. The minimum Gasteiger partial charge on any atom is -0.399 e. The standard InChI is InChI=1S/C15H20N2O2/c16-12-5-1-4-11(10-12)13-6-2-8-17(13)15(18)14-7-3-9-19-14/h1,4-5,10,13-14H,2-3,6-9,16H2. The van der Waals surface area contributed by atoms with Crippen LogP contribution in [0, 0.1) is 0 Å². The Morgan fingerprint density at radius 1 is 1.32 bits per heavy atom. The van der Waals surface area contributed by atoms with Gasteiger partial charge < -0.3 is 15.4 Å². The van der Waals surface area contributed by atoms with Crippen LogP contribution in [0.1, 0.15) is 37.3 Å². The Hall–Kier alpha value is -1.55. The van der Waals surface area contributed by atoms with Gasteiger partial charge in [0.05, 0.1) is 6.04 Å². The molecule has 2 fully saturated rings. The van der Waals surface area contributed by atoms with E-state index < -0.39 is 0 Å². The number of benzene rings is 1. The summed E-state index contributed by atoms with van der Waals surface area (Å²) in [6.07, 6.45) is 3.70.